The Balaban J connectivity index is 1.38. The predicted molar refractivity (Wildman–Crippen MR) is 123 cm³/mol. The summed E-state index contributed by atoms with van der Waals surface area (Å²) in [4.78, 5) is 23.5. The molecular formula is C23H26N6O2. The van der Waals surface area contributed by atoms with Crippen molar-refractivity contribution in [3.8, 4) is 0 Å². The monoisotopic (exact) mass is 418 g/mol. The normalized spacial score (nSPS) is 13.5. The van der Waals surface area contributed by atoms with Crippen LogP contribution < -0.4 is 20.9 Å². The summed E-state index contributed by atoms with van der Waals surface area (Å²) in [6.45, 7) is 6.88. The highest BCUT2D eigenvalue weighted by Gasteiger charge is 2.15. The first-order valence-corrected chi connectivity index (χ1v) is 10.3. The van der Waals surface area contributed by atoms with Gasteiger partial charge in [-0.2, -0.15) is 4.98 Å². The van der Waals surface area contributed by atoms with E-state index >= 15 is 0 Å². The van der Waals surface area contributed by atoms with Crippen LogP contribution in [0.25, 0.3) is 0 Å². The maximum atomic E-state index is 12.2. The molecule has 8 nitrogen and oxygen atoms in total. The van der Waals surface area contributed by atoms with Crippen LogP contribution in [0.3, 0.4) is 0 Å². The highest BCUT2D eigenvalue weighted by atomic mass is 16.5. The number of urea groups is 1. The van der Waals surface area contributed by atoms with E-state index in [1.165, 1.54) is 0 Å². The van der Waals surface area contributed by atoms with Crippen LogP contribution in [0.1, 0.15) is 11.3 Å². The van der Waals surface area contributed by atoms with E-state index in [0.717, 1.165) is 41.5 Å². The molecule has 4 rings (SSSR count). The topological polar surface area (TPSA) is 91.4 Å². The Hall–Kier alpha value is -3.65. The van der Waals surface area contributed by atoms with Gasteiger partial charge in [0.15, 0.2) is 0 Å². The van der Waals surface area contributed by atoms with Gasteiger partial charge in [-0.3, -0.25) is 0 Å². The number of carbonyl (C=O) groups excluding carboxylic acids is 1. The minimum Gasteiger partial charge on any atom is -0.378 e. The molecule has 0 aliphatic carbocycles. The standard InChI is InChI=1S/C23H26N6O2/c1-16-4-3-5-20(14-16)27-23(30)26-19-8-6-18(7-9-19)25-21-15-17(2)24-22(28-21)29-10-12-31-13-11-29/h3-9,14-15H,10-13H2,1-2H3,(H,24,25,28)(H2,26,27,30). The van der Waals surface area contributed by atoms with Gasteiger partial charge in [-0.1, -0.05) is 12.1 Å². The number of hydrogen-bond acceptors (Lipinski definition) is 6. The Bertz CT molecular complexity index is 1050. The first-order chi connectivity index (χ1) is 15.0. The second-order valence-electron chi connectivity index (χ2n) is 7.44. The van der Waals surface area contributed by atoms with Crippen LogP contribution in [-0.4, -0.2) is 42.3 Å². The average Bonchev–Trinajstić information content (AvgIpc) is 2.75. The van der Waals surface area contributed by atoms with Crippen molar-refractivity contribution in [1.29, 1.82) is 0 Å². The van der Waals surface area contributed by atoms with Crippen molar-refractivity contribution >= 4 is 34.9 Å². The Labute approximate surface area is 181 Å². The molecule has 3 N–H and O–H groups in total. The number of ether oxygens (including phenoxy) is 1. The van der Waals surface area contributed by atoms with Crippen molar-refractivity contribution in [2.45, 2.75) is 13.8 Å². The van der Waals surface area contributed by atoms with Gasteiger partial charge in [0.1, 0.15) is 5.82 Å². The van der Waals surface area contributed by atoms with Gasteiger partial charge >= 0.3 is 6.03 Å². The molecule has 0 atom stereocenters. The number of amides is 2. The maximum absolute atomic E-state index is 12.2. The molecule has 3 aromatic rings. The number of carbonyl (C=O) groups is 1. The van der Waals surface area contributed by atoms with Crippen LogP contribution in [0, 0.1) is 13.8 Å². The number of morpholine rings is 1. The number of benzene rings is 2. The zero-order valence-electron chi connectivity index (χ0n) is 17.7. The molecule has 0 unspecified atom stereocenters. The minimum atomic E-state index is -0.284. The third-order valence-corrected chi connectivity index (χ3v) is 4.83. The lowest BCUT2D eigenvalue weighted by molar-refractivity contribution is 0.122. The maximum Gasteiger partial charge on any atom is 0.323 e. The molecule has 1 aliphatic rings. The summed E-state index contributed by atoms with van der Waals surface area (Å²) in [5.74, 6) is 1.43. The molecule has 2 amide bonds. The van der Waals surface area contributed by atoms with Crippen LogP contribution in [0.2, 0.25) is 0 Å². The van der Waals surface area contributed by atoms with Crippen LogP contribution in [0.4, 0.5) is 33.6 Å². The van der Waals surface area contributed by atoms with E-state index in [4.69, 9.17) is 4.74 Å². The number of aryl methyl sites for hydroxylation is 2. The molecule has 8 heteroatoms. The summed E-state index contributed by atoms with van der Waals surface area (Å²) >= 11 is 0. The first-order valence-electron chi connectivity index (χ1n) is 10.3. The van der Waals surface area contributed by atoms with Crippen LogP contribution in [0.15, 0.2) is 54.6 Å². The van der Waals surface area contributed by atoms with Crippen LogP contribution >= 0.6 is 0 Å². The molecular weight excluding hydrogens is 392 g/mol. The third kappa shape index (κ3) is 5.70. The molecule has 31 heavy (non-hydrogen) atoms. The van der Waals surface area contributed by atoms with E-state index < -0.39 is 0 Å². The Morgan fingerprint density at radius 1 is 0.903 bits per heavy atom. The molecule has 2 heterocycles. The number of anilines is 5. The van der Waals surface area contributed by atoms with Gasteiger partial charge in [-0.25, -0.2) is 9.78 Å². The fraction of sp³-hybridized carbons (Fsp3) is 0.261. The zero-order chi connectivity index (χ0) is 21.6. The smallest absolute Gasteiger partial charge is 0.323 e. The Morgan fingerprint density at radius 2 is 1.61 bits per heavy atom. The number of rotatable bonds is 5. The van der Waals surface area contributed by atoms with Gasteiger partial charge in [0.25, 0.3) is 0 Å². The molecule has 1 aliphatic heterocycles. The predicted octanol–water partition coefficient (Wildman–Crippen LogP) is 4.32. The van der Waals surface area contributed by atoms with E-state index in [1.54, 1.807) is 0 Å². The summed E-state index contributed by atoms with van der Waals surface area (Å²) in [7, 11) is 0. The Kier molecular flexibility index (Phi) is 6.28. The lowest BCUT2D eigenvalue weighted by Gasteiger charge is -2.27. The second-order valence-corrected chi connectivity index (χ2v) is 7.44. The molecule has 0 radical (unpaired) electrons. The van der Waals surface area contributed by atoms with E-state index in [-0.39, 0.29) is 6.03 Å². The fourth-order valence-corrected chi connectivity index (χ4v) is 3.32. The molecule has 160 valence electrons. The van der Waals surface area contributed by atoms with E-state index in [1.807, 2.05) is 68.4 Å². The molecule has 2 aromatic carbocycles. The zero-order valence-corrected chi connectivity index (χ0v) is 17.7. The van der Waals surface area contributed by atoms with Gasteiger partial charge in [-0.05, 0) is 55.8 Å². The van der Waals surface area contributed by atoms with Crippen LogP contribution in [-0.2, 0) is 4.74 Å². The summed E-state index contributed by atoms with van der Waals surface area (Å²) < 4.78 is 5.41. The van der Waals surface area contributed by atoms with Gasteiger partial charge in [0.05, 0.1) is 13.2 Å². The van der Waals surface area contributed by atoms with Gasteiger partial charge < -0.3 is 25.6 Å². The Morgan fingerprint density at radius 3 is 2.35 bits per heavy atom. The number of nitrogens with one attached hydrogen (secondary N) is 3. The summed E-state index contributed by atoms with van der Waals surface area (Å²) in [6, 6.07) is 16.8. The van der Waals surface area contributed by atoms with Crippen molar-refractivity contribution in [2.24, 2.45) is 0 Å². The van der Waals surface area contributed by atoms with Gasteiger partial charge in [0, 0.05) is 41.9 Å². The van der Waals surface area contributed by atoms with E-state index in [0.29, 0.717) is 24.8 Å². The van der Waals surface area contributed by atoms with E-state index in [2.05, 4.69) is 30.8 Å². The summed E-state index contributed by atoms with van der Waals surface area (Å²) in [6.07, 6.45) is 0. The molecule has 0 saturated carbocycles. The lowest BCUT2D eigenvalue weighted by atomic mass is 10.2. The van der Waals surface area contributed by atoms with Crippen molar-refractivity contribution in [3.05, 3.63) is 65.9 Å². The number of aromatic nitrogens is 2. The SMILES string of the molecule is Cc1cccc(NC(=O)Nc2ccc(Nc3cc(C)nc(N4CCOCC4)n3)cc2)c1. The summed E-state index contributed by atoms with van der Waals surface area (Å²) in [5, 5.41) is 8.99. The van der Waals surface area contributed by atoms with Gasteiger partial charge in [-0.15, -0.1) is 0 Å². The largest absolute Gasteiger partial charge is 0.378 e. The van der Waals surface area contributed by atoms with Crippen molar-refractivity contribution in [1.82, 2.24) is 9.97 Å². The molecule has 1 fully saturated rings. The van der Waals surface area contributed by atoms with Crippen LogP contribution in [0.5, 0.6) is 0 Å². The quantitative estimate of drug-likeness (QED) is 0.572. The number of hydrogen-bond donors (Lipinski definition) is 3. The van der Waals surface area contributed by atoms with Crippen molar-refractivity contribution < 1.29 is 9.53 Å². The first kappa shape index (κ1) is 20.6. The third-order valence-electron chi connectivity index (χ3n) is 4.83. The molecule has 1 aromatic heterocycles. The fourth-order valence-electron chi connectivity index (χ4n) is 3.32. The molecule has 0 spiro atoms. The molecule has 1 saturated heterocycles. The second kappa shape index (κ2) is 9.44. The minimum absolute atomic E-state index is 0.284. The van der Waals surface area contributed by atoms with Crippen molar-refractivity contribution in [2.75, 3.05) is 47.2 Å². The summed E-state index contributed by atoms with van der Waals surface area (Å²) in [5.41, 5.74) is 4.31. The number of nitrogens with zero attached hydrogens (tertiary/aromatic N) is 3. The van der Waals surface area contributed by atoms with Gasteiger partial charge in [0.2, 0.25) is 5.95 Å². The lowest BCUT2D eigenvalue weighted by Crippen LogP contribution is -2.37. The molecule has 0 bridgehead atoms. The average molecular weight is 419 g/mol. The highest BCUT2D eigenvalue weighted by molar-refractivity contribution is 5.99. The van der Waals surface area contributed by atoms with E-state index in [9.17, 15) is 4.79 Å². The highest BCUT2D eigenvalue weighted by Crippen LogP contribution is 2.21. The van der Waals surface area contributed by atoms with Crippen molar-refractivity contribution in [3.63, 3.8) is 0 Å².